The Morgan fingerprint density at radius 3 is 2.77 bits per heavy atom. The molecule has 1 heterocycles. The van der Waals surface area contributed by atoms with Crippen LogP contribution in [0.5, 0.6) is 0 Å². The van der Waals surface area contributed by atoms with Crippen LogP contribution in [0, 0.1) is 0 Å². The van der Waals surface area contributed by atoms with Crippen LogP contribution in [0.25, 0.3) is 11.0 Å². The lowest BCUT2D eigenvalue weighted by Crippen LogP contribution is -1.91. The summed E-state index contributed by atoms with van der Waals surface area (Å²) in [7, 11) is 0. The minimum absolute atomic E-state index is 0.670. The van der Waals surface area contributed by atoms with Gasteiger partial charge in [-0.25, -0.2) is 4.98 Å². The van der Waals surface area contributed by atoms with Crippen molar-refractivity contribution in [1.82, 2.24) is 9.97 Å². The molecule has 3 nitrogen and oxygen atoms in total. The lowest BCUT2D eigenvalue weighted by molar-refractivity contribution is 1.25. The van der Waals surface area contributed by atoms with Gasteiger partial charge in [0.1, 0.15) is 10.1 Å². The van der Waals surface area contributed by atoms with E-state index in [1.54, 1.807) is 12.3 Å². The number of hydrogen-bond acceptors (Lipinski definition) is 3. The van der Waals surface area contributed by atoms with E-state index < -0.39 is 0 Å². The van der Waals surface area contributed by atoms with Crippen molar-refractivity contribution in [3.05, 3.63) is 27.4 Å². The van der Waals surface area contributed by atoms with Gasteiger partial charge in [-0.3, -0.25) is 4.98 Å². The molecule has 0 atom stereocenters. The first kappa shape index (κ1) is 8.90. The fraction of sp³-hybridized carbons (Fsp3) is 0. The molecule has 13 heavy (non-hydrogen) atoms. The SMILES string of the molecule is Nc1ccc2nc(Br)cnc2c1Br. The van der Waals surface area contributed by atoms with E-state index in [1.807, 2.05) is 6.07 Å². The summed E-state index contributed by atoms with van der Waals surface area (Å²) in [6.07, 6.45) is 1.65. The van der Waals surface area contributed by atoms with Crippen molar-refractivity contribution in [1.29, 1.82) is 0 Å². The van der Waals surface area contributed by atoms with Gasteiger partial charge in [0.2, 0.25) is 0 Å². The Labute approximate surface area is 91.6 Å². The Morgan fingerprint density at radius 2 is 2.00 bits per heavy atom. The molecule has 2 rings (SSSR count). The normalized spacial score (nSPS) is 10.6. The molecule has 0 bridgehead atoms. The van der Waals surface area contributed by atoms with Crippen molar-refractivity contribution < 1.29 is 0 Å². The maximum absolute atomic E-state index is 5.70. The molecule has 0 aliphatic heterocycles. The van der Waals surface area contributed by atoms with Crippen LogP contribution in [-0.2, 0) is 0 Å². The van der Waals surface area contributed by atoms with Gasteiger partial charge < -0.3 is 5.73 Å². The third-order valence-corrected chi connectivity index (χ3v) is 2.87. The summed E-state index contributed by atoms with van der Waals surface area (Å²) in [6.45, 7) is 0. The lowest BCUT2D eigenvalue weighted by Gasteiger charge is -2.01. The van der Waals surface area contributed by atoms with Gasteiger partial charge in [-0.1, -0.05) is 0 Å². The highest BCUT2D eigenvalue weighted by Gasteiger charge is 2.04. The average molecular weight is 303 g/mol. The highest BCUT2D eigenvalue weighted by atomic mass is 79.9. The Balaban J connectivity index is 2.87. The van der Waals surface area contributed by atoms with E-state index in [0.717, 1.165) is 20.1 Å². The smallest absolute Gasteiger partial charge is 0.125 e. The number of benzene rings is 1. The Morgan fingerprint density at radius 1 is 1.23 bits per heavy atom. The van der Waals surface area contributed by atoms with Gasteiger partial charge in [0, 0.05) is 5.69 Å². The van der Waals surface area contributed by atoms with E-state index >= 15 is 0 Å². The van der Waals surface area contributed by atoms with Crippen molar-refractivity contribution in [3.8, 4) is 0 Å². The van der Waals surface area contributed by atoms with Gasteiger partial charge in [0.05, 0.1) is 16.2 Å². The molecule has 0 saturated carbocycles. The first-order valence-corrected chi connectivity index (χ1v) is 5.13. The molecule has 0 aliphatic carbocycles. The quantitative estimate of drug-likeness (QED) is 0.761. The van der Waals surface area contributed by atoms with Crippen LogP contribution in [0.3, 0.4) is 0 Å². The number of nitrogen functional groups attached to an aromatic ring is 1. The van der Waals surface area contributed by atoms with Gasteiger partial charge in [-0.2, -0.15) is 0 Å². The molecule has 5 heteroatoms. The number of hydrogen-bond donors (Lipinski definition) is 1. The van der Waals surface area contributed by atoms with Gasteiger partial charge in [-0.05, 0) is 44.0 Å². The molecule has 0 saturated heterocycles. The number of nitrogens with two attached hydrogens (primary N) is 1. The van der Waals surface area contributed by atoms with Crippen LogP contribution in [0.1, 0.15) is 0 Å². The number of rotatable bonds is 0. The molecule has 0 aliphatic rings. The first-order valence-electron chi connectivity index (χ1n) is 3.55. The molecule has 2 aromatic rings. The van der Waals surface area contributed by atoms with Gasteiger partial charge in [0.15, 0.2) is 0 Å². The fourth-order valence-corrected chi connectivity index (χ4v) is 1.78. The van der Waals surface area contributed by atoms with Crippen molar-refractivity contribution >= 4 is 48.6 Å². The van der Waals surface area contributed by atoms with E-state index in [9.17, 15) is 0 Å². The molecule has 0 radical (unpaired) electrons. The zero-order valence-electron chi connectivity index (χ0n) is 6.46. The summed E-state index contributed by atoms with van der Waals surface area (Å²) >= 11 is 6.62. The lowest BCUT2D eigenvalue weighted by atomic mass is 10.3. The first-order chi connectivity index (χ1) is 6.18. The van der Waals surface area contributed by atoms with E-state index in [1.165, 1.54) is 0 Å². The van der Waals surface area contributed by atoms with Crippen molar-refractivity contribution in [3.63, 3.8) is 0 Å². The molecular formula is C8H5Br2N3. The molecule has 0 unspecified atom stereocenters. The number of aromatic nitrogens is 2. The molecule has 0 fully saturated rings. The number of anilines is 1. The predicted octanol–water partition coefficient (Wildman–Crippen LogP) is 2.74. The van der Waals surface area contributed by atoms with Crippen molar-refractivity contribution in [2.24, 2.45) is 0 Å². The van der Waals surface area contributed by atoms with E-state index in [0.29, 0.717) is 5.69 Å². The maximum atomic E-state index is 5.70. The largest absolute Gasteiger partial charge is 0.398 e. The number of halogens is 2. The van der Waals surface area contributed by atoms with Crippen LogP contribution in [0.15, 0.2) is 27.4 Å². The number of nitrogens with zero attached hydrogens (tertiary/aromatic N) is 2. The molecular weight excluding hydrogens is 298 g/mol. The average Bonchev–Trinajstić information content (AvgIpc) is 2.12. The summed E-state index contributed by atoms with van der Waals surface area (Å²) in [5.41, 5.74) is 7.96. The molecule has 1 aromatic heterocycles. The standard InChI is InChI=1S/C8H5Br2N3/c9-6-3-12-8-5(13-6)2-1-4(11)7(8)10/h1-3H,11H2. The zero-order chi connectivity index (χ0) is 9.42. The van der Waals surface area contributed by atoms with E-state index in [-0.39, 0.29) is 0 Å². The molecule has 0 amide bonds. The number of fused-ring (bicyclic) bond motifs is 1. The van der Waals surface area contributed by atoms with Crippen LogP contribution in [0.4, 0.5) is 5.69 Å². The molecule has 66 valence electrons. The van der Waals surface area contributed by atoms with Gasteiger partial charge in [0.25, 0.3) is 0 Å². The minimum atomic E-state index is 0.670. The highest BCUT2D eigenvalue weighted by molar-refractivity contribution is 9.11. The summed E-state index contributed by atoms with van der Waals surface area (Å²) in [5.74, 6) is 0. The molecule has 0 spiro atoms. The Kier molecular flexibility index (Phi) is 2.21. The molecule has 1 aromatic carbocycles. The monoisotopic (exact) mass is 301 g/mol. The predicted molar refractivity (Wildman–Crippen MR) is 59.4 cm³/mol. The Hall–Kier alpha value is -0.680. The van der Waals surface area contributed by atoms with Crippen LogP contribution in [-0.4, -0.2) is 9.97 Å². The van der Waals surface area contributed by atoms with Gasteiger partial charge in [-0.15, -0.1) is 0 Å². The van der Waals surface area contributed by atoms with Crippen LogP contribution in [0.2, 0.25) is 0 Å². The maximum Gasteiger partial charge on any atom is 0.125 e. The van der Waals surface area contributed by atoms with Crippen molar-refractivity contribution in [2.75, 3.05) is 5.73 Å². The highest BCUT2D eigenvalue weighted by Crippen LogP contribution is 2.27. The molecule has 2 N–H and O–H groups in total. The van der Waals surface area contributed by atoms with Crippen LogP contribution < -0.4 is 5.73 Å². The topological polar surface area (TPSA) is 51.8 Å². The third kappa shape index (κ3) is 1.53. The second kappa shape index (κ2) is 3.23. The second-order valence-electron chi connectivity index (χ2n) is 2.53. The van der Waals surface area contributed by atoms with E-state index in [4.69, 9.17) is 5.73 Å². The summed E-state index contributed by atoms with van der Waals surface area (Å²) < 4.78 is 1.52. The summed E-state index contributed by atoms with van der Waals surface area (Å²) in [5, 5.41) is 0. The van der Waals surface area contributed by atoms with Crippen LogP contribution >= 0.6 is 31.9 Å². The summed E-state index contributed by atoms with van der Waals surface area (Å²) in [4.78, 5) is 8.45. The van der Waals surface area contributed by atoms with E-state index in [2.05, 4.69) is 41.8 Å². The zero-order valence-corrected chi connectivity index (χ0v) is 9.63. The second-order valence-corrected chi connectivity index (χ2v) is 4.13. The Bertz CT molecular complexity index is 470. The van der Waals surface area contributed by atoms with Gasteiger partial charge >= 0.3 is 0 Å². The minimum Gasteiger partial charge on any atom is -0.398 e. The fourth-order valence-electron chi connectivity index (χ4n) is 1.04. The summed E-state index contributed by atoms with van der Waals surface area (Å²) in [6, 6.07) is 3.64. The third-order valence-electron chi connectivity index (χ3n) is 1.65. The van der Waals surface area contributed by atoms with Crippen molar-refractivity contribution in [2.45, 2.75) is 0 Å².